The number of halogens is 1. The topological polar surface area (TPSA) is 29.5 Å². The highest BCUT2D eigenvalue weighted by Gasteiger charge is 2.20. The molecule has 0 radical (unpaired) electrons. The number of nitrogens with zero attached hydrogens (tertiary/aromatic N) is 1. The van der Waals surface area contributed by atoms with Gasteiger partial charge in [-0.05, 0) is 13.3 Å². The van der Waals surface area contributed by atoms with E-state index in [9.17, 15) is 4.79 Å². The summed E-state index contributed by atoms with van der Waals surface area (Å²) in [6, 6.07) is 0. The number of carbonyl (C=O) groups excluding carboxylic acids is 1. The number of hydrogen-bond donors (Lipinski definition) is 0. The zero-order valence-electron chi connectivity index (χ0n) is 8.67. The number of rotatable bonds is 5. The zero-order valence-corrected chi connectivity index (χ0v) is 10.3. The largest absolute Gasteiger partial charge is 0.381 e. The molecule has 0 aromatic rings. The van der Waals surface area contributed by atoms with Crippen molar-refractivity contribution in [1.82, 2.24) is 4.90 Å². The van der Waals surface area contributed by atoms with E-state index in [4.69, 9.17) is 4.74 Å². The average molecular weight is 264 g/mol. The Morgan fingerprint density at radius 3 is 2.93 bits per heavy atom. The van der Waals surface area contributed by atoms with E-state index in [-0.39, 0.29) is 5.91 Å². The molecule has 1 unspecified atom stereocenters. The predicted octanol–water partition coefficient (Wildman–Crippen LogP) is 1.66. The molecule has 3 nitrogen and oxygen atoms in total. The number of hydrogen-bond acceptors (Lipinski definition) is 2. The molecule has 1 aliphatic rings. The van der Waals surface area contributed by atoms with Crippen molar-refractivity contribution in [3.8, 4) is 0 Å². The molecule has 0 bridgehead atoms. The van der Waals surface area contributed by atoms with Crippen LogP contribution >= 0.6 is 15.9 Å². The van der Waals surface area contributed by atoms with E-state index >= 15 is 0 Å². The number of alkyl halides is 1. The van der Waals surface area contributed by atoms with Gasteiger partial charge in [0.05, 0.1) is 6.61 Å². The molecule has 1 saturated heterocycles. The molecule has 0 aromatic carbocycles. The molecular weight excluding hydrogens is 246 g/mol. The van der Waals surface area contributed by atoms with Gasteiger partial charge in [-0.2, -0.15) is 0 Å². The molecule has 4 heteroatoms. The minimum absolute atomic E-state index is 0.247. The van der Waals surface area contributed by atoms with Gasteiger partial charge in [0.25, 0.3) is 0 Å². The van der Waals surface area contributed by atoms with Gasteiger partial charge in [0.1, 0.15) is 0 Å². The molecule has 0 saturated carbocycles. The second-order valence-corrected chi connectivity index (χ2v) is 4.39. The molecule has 1 aliphatic heterocycles. The van der Waals surface area contributed by atoms with Crippen molar-refractivity contribution < 1.29 is 9.53 Å². The minimum Gasteiger partial charge on any atom is -0.381 e. The summed E-state index contributed by atoms with van der Waals surface area (Å²) in [5.41, 5.74) is 0. The maximum absolute atomic E-state index is 11.6. The molecule has 1 rings (SSSR count). The summed E-state index contributed by atoms with van der Waals surface area (Å²) < 4.78 is 5.29. The Labute approximate surface area is 93.9 Å². The van der Waals surface area contributed by atoms with Crippen LogP contribution in [0.1, 0.15) is 19.8 Å². The Morgan fingerprint density at radius 1 is 1.64 bits per heavy atom. The van der Waals surface area contributed by atoms with Crippen LogP contribution < -0.4 is 0 Å². The summed E-state index contributed by atoms with van der Waals surface area (Å²) in [6.07, 6.45) is 1.69. The Bertz CT molecular complexity index is 181. The number of amides is 1. The average Bonchev–Trinajstić information content (AvgIpc) is 2.66. The molecule has 1 amide bonds. The standard InChI is InChI=1S/C10H18BrNO2/c1-2-12(10(13)3-5-11)7-9-4-6-14-8-9/h9H,2-8H2,1H3. The van der Waals surface area contributed by atoms with Crippen LogP contribution in [0.2, 0.25) is 0 Å². The minimum atomic E-state index is 0.247. The quantitative estimate of drug-likeness (QED) is 0.707. The van der Waals surface area contributed by atoms with E-state index in [2.05, 4.69) is 15.9 Å². The Balaban J connectivity index is 2.33. The van der Waals surface area contributed by atoms with Crippen LogP contribution in [0.3, 0.4) is 0 Å². The lowest BCUT2D eigenvalue weighted by Gasteiger charge is -2.23. The summed E-state index contributed by atoms with van der Waals surface area (Å²) in [5.74, 6) is 0.797. The second-order valence-electron chi connectivity index (χ2n) is 3.60. The van der Waals surface area contributed by atoms with Crippen molar-refractivity contribution in [2.24, 2.45) is 5.92 Å². The van der Waals surface area contributed by atoms with Crippen molar-refractivity contribution in [3.63, 3.8) is 0 Å². The number of carbonyl (C=O) groups is 1. The molecule has 14 heavy (non-hydrogen) atoms. The van der Waals surface area contributed by atoms with Gasteiger partial charge in [-0.3, -0.25) is 4.79 Å². The summed E-state index contributed by atoms with van der Waals surface area (Å²) >= 11 is 3.29. The van der Waals surface area contributed by atoms with E-state index in [0.29, 0.717) is 12.3 Å². The van der Waals surface area contributed by atoms with Gasteiger partial charge in [-0.25, -0.2) is 0 Å². The van der Waals surface area contributed by atoms with Gasteiger partial charge >= 0.3 is 0 Å². The van der Waals surface area contributed by atoms with Crippen LogP contribution in [-0.2, 0) is 9.53 Å². The molecule has 0 aliphatic carbocycles. The lowest BCUT2D eigenvalue weighted by atomic mass is 10.1. The van der Waals surface area contributed by atoms with E-state index in [1.807, 2.05) is 11.8 Å². The van der Waals surface area contributed by atoms with Crippen LogP contribution in [0.4, 0.5) is 0 Å². The van der Waals surface area contributed by atoms with Gasteiger partial charge in [0, 0.05) is 37.4 Å². The van der Waals surface area contributed by atoms with E-state index in [1.165, 1.54) is 0 Å². The van der Waals surface area contributed by atoms with Crippen LogP contribution in [-0.4, -0.2) is 42.4 Å². The van der Waals surface area contributed by atoms with Crippen LogP contribution in [0.5, 0.6) is 0 Å². The molecule has 0 spiro atoms. The first-order chi connectivity index (χ1) is 6.77. The van der Waals surface area contributed by atoms with Gasteiger partial charge in [-0.15, -0.1) is 0 Å². The van der Waals surface area contributed by atoms with E-state index < -0.39 is 0 Å². The first-order valence-electron chi connectivity index (χ1n) is 5.19. The summed E-state index contributed by atoms with van der Waals surface area (Å²) in [7, 11) is 0. The summed E-state index contributed by atoms with van der Waals surface area (Å²) in [5, 5.41) is 0.753. The van der Waals surface area contributed by atoms with Gasteiger partial charge in [0.2, 0.25) is 5.91 Å². The van der Waals surface area contributed by atoms with E-state index in [1.54, 1.807) is 0 Å². The van der Waals surface area contributed by atoms with Gasteiger partial charge in [-0.1, -0.05) is 15.9 Å². The maximum atomic E-state index is 11.6. The zero-order chi connectivity index (χ0) is 10.4. The van der Waals surface area contributed by atoms with Crippen molar-refractivity contribution in [2.75, 3.05) is 31.6 Å². The molecule has 1 fully saturated rings. The predicted molar refractivity (Wildman–Crippen MR) is 59.6 cm³/mol. The first kappa shape index (κ1) is 12.0. The monoisotopic (exact) mass is 263 g/mol. The maximum Gasteiger partial charge on any atom is 0.223 e. The van der Waals surface area contributed by atoms with Crippen LogP contribution in [0.25, 0.3) is 0 Å². The molecular formula is C10H18BrNO2. The molecule has 1 atom stereocenters. The van der Waals surface area contributed by atoms with Crippen molar-refractivity contribution in [1.29, 1.82) is 0 Å². The lowest BCUT2D eigenvalue weighted by molar-refractivity contribution is -0.131. The Morgan fingerprint density at radius 2 is 2.43 bits per heavy atom. The van der Waals surface area contributed by atoms with Gasteiger partial charge < -0.3 is 9.64 Å². The molecule has 82 valence electrons. The highest BCUT2D eigenvalue weighted by Crippen LogP contribution is 2.14. The van der Waals surface area contributed by atoms with Crippen LogP contribution in [0, 0.1) is 5.92 Å². The lowest BCUT2D eigenvalue weighted by Crippen LogP contribution is -2.35. The van der Waals surface area contributed by atoms with Gasteiger partial charge in [0.15, 0.2) is 0 Å². The van der Waals surface area contributed by atoms with Crippen LogP contribution in [0.15, 0.2) is 0 Å². The SMILES string of the molecule is CCN(CC1CCOC1)C(=O)CCBr. The third-order valence-electron chi connectivity index (χ3n) is 2.55. The molecule has 0 aromatic heterocycles. The number of ether oxygens (including phenoxy) is 1. The Hall–Kier alpha value is -0.0900. The highest BCUT2D eigenvalue weighted by molar-refractivity contribution is 9.09. The third kappa shape index (κ3) is 3.58. The third-order valence-corrected chi connectivity index (χ3v) is 2.94. The molecule has 1 heterocycles. The Kier molecular flexibility index (Phi) is 5.48. The fourth-order valence-corrected chi connectivity index (χ4v) is 2.02. The smallest absolute Gasteiger partial charge is 0.223 e. The van der Waals surface area contributed by atoms with Crippen molar-refractivity contribution in [3.05, 3.63) is 0 Å². The normalized spacial score (nSPS) is 21.1. The van der Waals surface area contributed by atoms with Crippen molar-refractivity contribution >= 4 is 21.8 Å². The highest BCUT2D eigenvalue weighted by atomic mass is 79.9. The first-order valence-corrected chi connectivity index (χ1v) is 6.31. The molecule has 0 N–H and O–H groups in total. The fraction of sp³-hybridized carbons (Fsp3) is 0.900. The second kappa shape index (κ2) is 6.40. The summed E-state index contributed by atoms with van der Waals surface area (Å²) in [6.45, 7) is 5.37. The summed E-state index contributed by atoms with van der Waals surface area (Å²) in [4.78, 5) is 13.5. The fourth-order valence-electron chi connectivity index (χ4n) is 1.69. The van der Waals surface area contributed by atoms with E-state index in [0.717, 1.165) is 38.1 Å². The van der Waals surface area contributed by atoms with Crippen molar-refractivity contribution in [2.45, 2.75) is 19.8 Å².